The Morgan fingerprint density at radius 1 is 1.38 bits per heavy atom. The van der Waals surface area contributed by atoms with Crippen LogP contribution in [0.3, 0.4) is 0 Å². The van der Waals surface area contributed by atoms with E-state index in [9.17, 15) is 0 Å². The van der Waals surface area contributed by atoms with Crippen molar-refractivity contribution in [1.82, 2.24) is 4.98 Å². The van der Waals surface area contributed by atoms with E-state index < -0.39 is 0 Å². The predicted molar refractivity (Wildman–Crippen MR) is 69.0 cm³/mol. The Morgan fingerprint density at radius 3 is 2.75 bits per heavy atom. The molecule has 0 saturated heterocycles. The number of pyridine rings is 1. The molecule has 0 radical (unpaired) electrons. The Bertz CT molecular complexity index is 540. The van der Waals surface area contributed by atoms with E-state index in [1.54, 1.807) is 6.07 Å². The first-order chi connectivity index (χ1) is 7.67. The highest BCUT2D eigenvalue weighted by atomic mass is 35.5. The number of aryl methyl sites for hydroxylation is 1. The normalized spacial score (nSPS) is 10.8. The van der Waals surface area contributed by atoms with Crippen molar-refractivity contribution in [1.29, 1.82) is 0 Å². The molecule has 0 spiro atoms. The van der Waals surface area contributed by atoms with E-state index in [-0.39, 0.29) is 0 Å². The number of benzene rings is 1. The molecule has 0 aliphatic rings. The number of halogens is 2. The first-order valence-electron chi connectivity index (χ1n) is 4.91. The lowest BCUT2D eigenvalue weighted by atomic mass is 10.1. The second-order valence-corrected chi connectivity index (χ2v) is 4.21. The van der Waals surface area contributed by atoms with Gasteiger partial charge in [0.1, 0.15) is 5.82 Å². The quantitative estimate of drug-likeness (QED) is 0.639. The Labute approximate surface area is 104 Å². The van der Waals surface area contributed by atoms with Crippen LogP contribution in [0.5, 0.6) is 0 Å². The fourth-order valence-corrected chi connectivity index (χ4v) is 1.99. The van der Waals surface area contributed by atoms with Gasteiger partial charge in [-0.1, -0.05) is 36.2 Å². The van der Waals surface area contributed by atoms with Crippen LogP contribution in [0.15, 0.2) is 18.2 Å². The molecule has 0 bridgehead atoms. The number of aromatic nitrogens is 1. The number of nitrogens with one attached hydrogen (secondary N) is 1. The van der Waals surface area contributed by atoms with Gasteiger partial charge in [-0.2, -0.15) is 0 Å². The van der Waals surface area contributed by atoms with Crippen molar-refractivity contribution in [2.75, 3.05) is 5.43 Å². The summed E-state index contributed by atoms with van der Waals surface area (Å²) >= 11 is 12.0. The smallest absolute Gasteiger partial charge is 0.143 e. The lowest BCUT2D eigenvalue weighted by Crippen LogP contribution is -2.11. The van der Waals surface area contributed by atoms with Crippen molar-refractivity contribution in [2.24, 2.45) is 5.84 Å². The van der Waals surface area contributed by atoms with Crippen LogP contribution in [0, 0.1) is 0 Å². The third-order valence-corrected chi connectivity index (χ3v) is 3.27. The highest BCUT2D eigenvalue weighted by Crippen LogP contribution is 2.31. The number of nitrogens with two attached hydrogens (primary N) is 1. The Hall–Kier alpha value is -1.03. The number of hydrogen-bond acceptors (Lipinski definition) is 3. The number of fused-ring (bicyclic) bond motifs is 1. The largest absolute Gasteiger partial charge is 0.308 e. The maximum absolute atomic E-state index is 6.09. The van der Waals surface area contributed by atoms with Crippen LogP contribution in [0.2, 0.25) is 10.0 Å². The number of anilines is 1. The molecule has 2 rings (SSSR count). The maximum Gasteiger partial charge on any atom is 0.143 e. The molecular formula is C11H11Cl2N3. The Morgan fingerprint density at radius 2 is 2.12 bits per heavy atom. The summed E-state index contributed by atoms with van der Waals surface area (Å²) < 4.78 is 0. The van der Waals surface area contributed by atoms with Gasteiger partial charge in [0.05, 0.1) is 15.6 Å². The minimum atomic E-state index is 0.457. The SMILES string of the molecule is CCc1cc2ccc(Cl)c(Cl)c2nc1NN. The molecule has 1 aromatic carbocycles. The van der Waals surface area contributed by atoms with E-state index in [1.807, 2.05) is 19.1 Å². The zero-order valence-corrected chi connectivity index (χ0v) is 10.2. The van der Waals surface area contributed by atoms with Crippen LogP contribution < -0.4 is 11.3 Å². The van der Waals surface area contributed by atoms with Gasteiger partial charge in [0.25, 0.3) is 0 Å². The van der Waals surface area contributed by atoms with Gasteiger partial charge in [0.15, 0.2) is 0 Å². The van der Waals surface area contributed by atoms with Gasteiger partial charge in [0.2, 0.25) is 0 Å². The minimum Gasteiger partial charge on any atom is -0.308 e. The average Bonchev–Trinajstić information content (AvgIpc) is 2.32. The van der Waals surface area contributed by atoms with Crippen molar-refractivity contribution in [3.63, 3.8) is 0 Å². The van der Waals surface area contributed by atoms with Crippen LogP contribution in [-0.2, 0) is 6.42 Å². The molecule has 1 aromatic heterocycles. The lowest BCUT2D eigenvalue weighted by molar-refractivity contribution is 1.10. The number of rotatable bonds is 2. The van der Waals surface area contributed by atoms with E-state index in [1.165, 1.54) is 0 Å². The maximum atomic E-state index is 6.09. The first-order valence-corrected chi connectivity index (χ1v) is 5.67. The molecule has 0 amide bonds. The fourth-order valence-electron chi connectivity index (χ4n) is 1.62. The standard InChI is InChI=1S/C11H11Cl2N3/c1-2-6-5-7-3-4-8(12)9(13)10(7)15-11(6)16-14/h3-5H,2,14H2,1H3,(H,15,16). The molecule has 1 heterocycles. The lowest BCUT2D eigenvalue weighted by Gasteiger charge is -2.09. The van der Waals surface area contributed by atoms with E-state index in [0.717, 1.165) is 17.4 Å². The number of hydrogen-bond donors (Lipinski definition) is 2. The summed E-state index contributed by atoms with van der Waals surface area (Å²) in [6.07, 6.45) is 0.850. The molecule has 2 aromatic rings. The summed E-state index contributed by atoms with van der Waals surface area (Å²) in [6, 6.07) is 5.68. The van der Waals surface area contributed by atoms with E-state index >= 15 is 0 Å². The summed E-state index contributed by atoms with van der Waals surface area (Å²) in [7, 11) is 0. The van der Waals surface area contributed by atoms with E-state index in [4.69, 9.17) is 29.0 Å². The third kappa shape index (κ3) is 1.82. The highest BCUT2D eigenvalue weighted by Gasteiger charge is 2.09. The van der Waals surface area contributed by atoms with Gasteiger partial charge in [0, 0.05) is 5.39 Å². The van der Waals surface area contributed by atoms with Crippen LogP contribution in [0.4, 0.5) is 5.82 Å². The summed E-state index contributed by atoms with van der Waals surface area (Å²) in [6.45, 7) is 2.04. The van der Waals surface area contributed by atoms with Crippen LogP contribution in [0.25, 0.3) is 10.9 Å². The van der Waals surface area contributed by atoms with Crippen LogP contribution >= 0.6 is 23.2 Å². The number of hydrazine groups is 1. The molecule has 3 N–H and O–H groups in total. The molecule has 0 fully saturated rings. The van der Waals surface area contributed by atoms with E-state index in [2.05, 4.69) is 10.4 Å². The molecule has 0 saturated carbocycles. The molecule has 0 aliphatic heterocycles. The summed E-state index contributed by atoms with van der Waals surface area (Å²) in [5, 5.41) is 1.91. The van der Waals surface area contributed by atoms with Crippen molar-refractivity contribution in [2.45, 2.75) is 13.3 Å². The number of nitrogen functional groups attached to an aromatic ring is 1. The van der Waals surface area contributed by atoms with E-state index in [0.29, 0.717) is 21.4 Å². The molecule has 3 nitrogen and oxygen atoms in total. The van der Waals surface area contributed by atoms with Gasteiger partial charge >= 0.3 is 0 Å². The molecule has 0 aliphatic carbocycles. The van der Waals surface area contributed by atoms with Gasteiger partial charge in [-0.25, -0.2) is 10.8 Å². The minimum absolute atomic E-state index is 0.457. The second-order valence-electron chi connectivity index (χ2n) is 3.43. The molecule has 16 heavy (non-hydrogen) atoms. The molecule has 5 heteroatoms. The van der Waals surface area contributed by atoms with Gasteiger partial charge in [-0.15, -0.1) is 0 Å². The molecule has 0 atom stereocenters. The van der Waals surface area contributed by atoms with Crippen molar-refractivity contribution >= 4 is 39.9 Å². The molecular weight excluding hydrogens is 245 g/mol. The highest BCUT2D eigenvalue weighted by molar-refractivity contribution is 6.45. The van der Waals surface area contributed by atoms with Crippen molar-refractivity contribution in [3.8, 4) is 0 Å². The van der Waals surface area contributed by atoms with Gasteiger partial charge in [-0.3, -0.25) is 0 Å². The van der Waals surface area contributed by atoms with Crippen molar-refractivity contribution in [3.05, 3.63) is 33.8 Å². The van der Waals surface area contributed by atoms with Crippen LogP contribution in [-0.4, -0.2) is 4.98 Å². The summed E-state index contributed by atoms with van der Waals surface area (Å²) in [5.41, 5.74) is 4.29. The summed E-state index contributed by atoms with van der Waals surface area (Å²) in [4.78, 5) is 4.37. The average molecular weight is 256 g/mol. The zero-order chi connectivity index (χ0) is 11.7. The fraction of sp³-hybridized carbons (Fsp3) is 0.182. The third-order valence-electron chi connectivity index (χ3n) is 2.48. The van der Waals surface area contributed by atoms with Gasteiger partial charge < -0.3 is 5.43 Å². The zero-order valence-electron chi connectivity index (χ0n) is 8.72. The van der Waals surface area contributed by atoms with Crippen molar-refractivity contribution < 1.29 is 0 Å². The number of nitrogens with zero attached hydrogens (tertiary/aromatic N) is 1. The second kappa shape index (κ2) is 4.45. The first kappa shape index (κ1) is 11.5. The molecule has 0 unspecified atom stereocenters. The summed E-state index contributed by atoms with van der Waals surface area (Å²) in [5.74, 6) is 6.05. The Balaban J connectivity index is 2.78. The topological polar surface area (TPSA) is 50.9 Å². The Kier molecular flexibility index (Phi) is 3.19. The monoisotopic (exact) mass is 255 g/mol. The predicted octanol–water partition coefficient (Wildman–Crippen LogP) is 3.39. The van der Waals surface area contributed by atoms with Gasteiger partial charge in [-0.05, 0) is 24.1 Å². The van der Waals surface area contributed by atoms with Crippen LogP contribution in [0.1, 0.15) is 12.5 Å². The molecule has 84 valence electrons.